The van der Waals surface area contributed by atoms with Gasteiger partial charge in [0.05, 0.1) is 0 Å². The van der Waals surface area contributed by atoms with Crippen LogP contribution in [0.1, 0.15) is 29.8 Å². The number of aromatic nitrogens is 1. The number of nitrogens with two attached hydrogens (primary N) is 2. The molecule has 0 aromatic carbocycles. The molecule has 4 N–H and O–H groups in total. The second-order valence-corrected chi connectivity index (χ2v) is 7.49. The number of piperidine rings is 1. The van der Waals surface area contributed by atoms with E-state index in [9.17, 15) is 18.0 Å². The molecule has 2 amide bonds. The van der Waals surface area contributed by atoms with Gasteiger partial charge in [0.15, 0.2) is 0 Å². The Morgan fingerprint density at radius 1 is 1.27 bits per heavy atom. The summed E-state index contributed by atoms with van der Waals surface area (Å²) in [6, 6.07) is 1.28. The van der Waals surface area contributed by atoms with E-state index in [0.29, 0.717) is 25.9 Å². The second-order valence-electron chi connectivity index (χ2n) is 5.55. The van der Waals surface area contributed by atoms with Crippen molar-refractivity contribution < 1.29 is 18.0 Å². The molecule has 9 heteroatoms. The van der Waals surface area contributed by atoms with Crippen molar-refractivity contribution in [3.8, 4) is 0 Å². The van der Waals surface area contributed by atoms with Crippen LogP contribution >= 0.6 is 0 Å². The van der Waals surface area contributed by atoms with E-state index in [0.717, 1.165) is 0 Å². The van der Waals surface area contributed by atoms with E-state index >= 15 is 0 Å². The minimum atomic E-state index is -3.66. The number of sulfonamides is 1. The van der Waals surface area contributed by atoms with Gasteiger partial charge in [0, 0.05) is 32.8 Å². The fourth-order valence-electron chi connectivity index (χ4n) is 2.71. The van der Waals surface area contributed by atoms with Crippen molar-refractivity contribution in [1.82, 2.24) is 8.87 Å². The first-order chi connectivity index (χ1) is 10.2. The van der Waals surface area contributed by atoms with Gasteiger partial charge in [0.25, 0.3) is 5.91 Å². The summed E-state index contributed by atoms with van der Waals surface area (Å²) in [5.74, 6) is -0.916. The first-order valence-electron chi connectivity index (χ1n) is 6.96. The van der Waals surface area contributed by atoms with Crippen LogP contribution in [-0.2, 0) is 21.9 Å². The fraction of sp³-hybridized carbons (Fsp3) is 0.538. The van der Waals surface area contributed by atoms with Crippen LogP contribution in [0.2, 0.25) is 0 Å². The monoisotopic (exact) mass is 328 g/mol. The third-order valence-electron chi connectivity index (χ3n) is 3.93. The zero-order valence-corrected chi connectivity index (χ0v) is 13.2. The third kappa shape index (κ3) is 3.30. The van der Waals surface area contributed by atoms with Crippen molar-refractivity contribution in [3.63, 3.8) is 0 Å². The number of hydrogen-bond donors (Lipinski definition) is 2. The lowest BCUT2D eigenvalue weighted by Crippen LogP contribution is -2.39. The van der Waals surface area contributed by atoms with Crippen LogP contribution in [0, 0.1) is 5.92 Å². The number of carbonyl (C=O) groups is 2. The van der Waals surface area contributed by atoms with Crippen LogP contribution in [0.3, 0.4) is 0 Å². The first-order valence-corrected chi connectivity index (χ1v) is 8.40. The molecule has 2 rings (SSSR count). The summed E-state index contributed by atoms with van der Waals surface area (Å²) in [5.41, 5.74) is 10.5. The Bertz CT molecular complexity index is 687. The van der Waals surface area contributed by atoms with Crippen LogP contribution in [-0.4, -0.2) is 42.2 Å². The van der Waals surface area contributed by atoms with Crippen molar-refractivity contribution in [2.75, 3.05) is 13.1 Å². The summed E-state index contributed by atoms with van der Waals surface area (Å²) in [7, 11) is -2.09. The molecule has 2 heterocycles. The number of primary amides is 2. The van der Waals surface area contributed by atoms with Gasteiger partial charge in [-0.15, -0.1) is 0 Å². The quantitative estimate of drug-likeness (QED) is 0.747. The topological polar surface area (TPSA) is 128 Å². The van der Waals surface area contributed by atoms with Gasteiger partial charge in [-0.25, -0.2) is 8.42 Å². The van der Waals surface area contributed by atoms with Crippen LogP contribution in [0.15, 0.2) is 17.2 Å². The summed E-state index contributed by atoms with van der Waals surface area (Å²) in [6.07, 6.45) is 2.85. The lowest BCUT2D eigenvalue weighted by molar-refractivity contribution is -0.119. The van der Waals surface area contributed by atoms with Gasteiger partial charge in [-0.1, -0.05) is 0 Å². The summed E-state index contributed by atoms with van der Waals surface area (Å²) in [6.45, 7) is 0.669. The van der Waals surface area contributed by atoms with E-state index in [1.54, 1.807) is 7.05 Å². The van der Waals surface area contributed by atoms with E-state index < -0.39 is 15.9 Å². The minimum absolute atomic E-state index is 0.0529. The molecule has 1 aromatic rings. The SMILES string of the molecule is Cn1cc(S(=O)(=O)N2CCC(CC(N)=O)CC2)cc1C(N)=O. The van der Waals surface area contributed by atoms with Crippen molar-refractivity contribution >= 4 is 21.8 Å². The molecule has 1 aliphatic rings. The normalized spacial score (nSPS) is 17.5. The fourth-order valence-corrected chi connectivity index (χ4v) is 4.25. The van der Waals surface area contributed by atoms with Crippen LogP contribution in [0.25, 0.3) is 0 Å². The van der Waals surface area contributed by atoms with Gasteiger partial charge >= 0.3 is 0 Å². The molecule has 22 heavy (non-hydrogen) atoms. The lowest BCUT2D eigenvalue weighted by Gasteiger charge is -2.30. The average molecular weight is 328 g/mol. The highest BCUT2D eigenvalue weighted by atomic mass is 32.2. The molecular weight excluding hydrogens is 308 g/mol. The standard InChI is InChI=1S/C13H20N4O4S/c1-16-8-10(7-11(16)13(15)19)22(20,21)17-4-2-9(3-5-17)6-12(14)18/h7-9H,2-6H2,1H3,(H2,14,18)(H2,15,19). The summed E-state index contributed by atoms with van der Waals surface area (Å²) >= 11 is 0. The smallest absolute Gasteiger partial charge is 0.265 e. The summed E-state index contributed by atoms with van der Waals surface area (Å²) in [5, 5.41) is 0. The zero-order valence-electron chi connectivity index (χ0n) is 12.4. The molecule has 1 aliphatic heterocycles. The Balaban J connectivity index is 2.13. The van der Waals surface area contributed by atoms with Crippen molar-refractivity contribution in [2.45, 2.75) is 24.2 Å². The lowest BCUT2D eigenvalue weighted by atomic mass is 9.94. The number of hydrogen-bond acceptors (Lipinski definition) is 4. The number of nitrogens with zero attached hydrogens (tertiary/aromatic N) is 2. The highest BCUT2D eigenvalue weighted by molar-refractivity contribution is 7.89. The average Bonchev–Trinajstić information content (AvgIpc) is 2.81. The molecule has 0 saturated carbocycles. The maximum atomic E-state index is 12.6. The zero-order chi connectivity index (χ0) is 16.5. The Kier molecular flexibility index (Phi) is 4.57. The van der Waals surface area contributed by atoms with Gasteiger partial charge in [-0.3, -0.25) is 9.59 Å². The van der Waals surface area contributed by atoms with Crippen molar-refractivity contribution in [3.05, 3.63) is 18.0 Å². The molecule has 1 fully saturated rings. The molecule has 0 aliphatic carbocycles. The molecule has 122 valence electrons. The minimum Gasteiger partial charge on any atom is -0.370 e. The predicted octanol–water partition coefficient (Wildman–Crippen LogP) is -0.600. The van der Waals surface area contributed by atoms with E-state index in [-0.39, 0.29) is 28.8 Å². The number of rotatable bonds is 5. The van der Waals surface area contributed by atoms with Gasteiger partial charge in [-0.05, 0) is 24.8 Å². The molecule has 0 bridgehead atoms. The Labute approximate surface area is 129 Å². The first kappa shape index (κ1) is 16.5. The highest BCUT2D eigenvalue weighted by Gasteiger charge is 2.31. The predicted molar refractivity (Wildman–Crippen MR) is 79.2 cm³/mol. The van der Waals surface area contributed by atoms with Crippen LogP contribution in [0.4, 0.5) is 0 Å². The molecule has 1 saturated heterocycles. The molecular formula is C13H20N4O4S. The molecule has 0 atom stereocenters. The Morgan fingerprint density at radius 2 is 1.86 bits per heavy atom. The van der Waals surface area contributed by atoms with Crippen LogP contribution in [0.5, 0.6) is 0 Å². The van der Waals surface area contributed by atoms with Gasteiger partial charge in [-0.2, -0.15) is 4.31 Å². The second kappa shape index (κ2) is 6.09. The maximum absolute atomic E-state index is 12.6. The van der Waals surface area contributed by atoms with Gasteiger partial charge < -0.3 is 16.0 Å². The van der Waals surface area contributed by atoms with Gasteiger partial charge in [0.1, 0.15) is 10.6 Å². The molecule has 0 radical (unpaired) electrons. The number of amides is 2. The van der Waals surface area contributed by atoms with Gasteiger partial charge in [0.2, 0.25) is 15.9 Å². The maximum Gasteiger partial charge on any atom is 0.265 e. The largest absolute Gasteiger partial charge is 0.370 e. The van der Waals surface area contributed by atoms with E-state index in [1.165, 1.54) is 21.1 Å². The van der Waals surface area contributed by atoms with Crippen molar-refractivity contribution in [2.24, 2.45) is 24.4 Å². The molecule has 8 nitrogen and oxygen atoms in total. The highest BCUT2D eigenvalue weighted by Crippen LogP contribution is 2.26. The molecule has 0 unspecified atom stereocenters. The van der Waals surface area contributed by atoms with E-state index in [1.807, 2.05) is 0 Å². The number of aryl methyl sites for hydroxylation is 1. The Morgan fingerprint density at radius 3 is 2.32 bits per heavy atom. The molecule has 0 spiro atoms. The third-order valence-corrected chi connectivity index (χ3v) is 5.80. The summed E-state index contributed by atoms with van der Waals surface area (Å²) < 4.78 is 27.9. The van der Waals surface area contributed by atoms with E-state index in [2.05, 4.69) is 0 Å². The van der Waals surface area contributed by atoms with Crippen LogP contribution < -0.4 is 11.5 Å². The van der Waals surface area contributed by atoms with E-state index in [4.69, 9.17) is 11.5 Å². The summed E-state index contributed by atoms with van der Waals surface area (Å²) in [4.78, 5) is 22.2. The molecule has 1 aromatic heterocycles. The number of carbonyl (C=O) groups excluding carboxylic acids is 2. The van der Waals surface area contributed by atoms with Crippen molar-refractivity contribution in [1.29, 1.82) is 0 Å². The Hall–Kier alpha value is -1.87.